The molecule has 0 bridgehead atoms. The summed E-state index contributed by atoms with van der Waals surface area (Å²) in [5.74, 6) is 0.131. The van der Waals surface area contributed by atoms with Crippen molar-refractivity contribution in [3.63, 3.8) is 0 Å². The topological polar surface area (TPSA) is 58.4 Å². The summed E-state index contributed by atoms with van der Waals surface area (Å²) in [5, 5.41) is 3.09. The Balaban J connectivity index is 1.91. The van der Waals surface area contributed by atoms with Gasteiger partial charge in [-0.05, 0) is 42.5 Å². The van der Waals surface area contributed by atoms with E-state index >= 15 is 0 Å². The van der Waals surface area contributed by atoms with Crippen molar-refractivity contribution in [3.05, 3.63) is 29.3 Å². The van der Waals surface area contributed by atoms with Crippen molar-refractivity contribution < 1.29 is 4.79 Å². The highest BCUT2D eigenvalue weighted by Crippen LogP contribution is 2.21. The normalized spacial score (nSPS) is 15.2. The summed E-state index contributed by atoms with van der Waals surface area (Å²) >= 11 is 0. The van der Waals surface area contributed by atoms with E-state index in [0.29, 0.717) is 12.6 Å². The molecule has 0 unspecified atom stereocenters. The molecule has 1 aliphatic rings. The first kappa shape index (κ1) is 14.9. The molecule has 20 heavy (non-hydrogen) atoms. The lowest BCUT2D eigenvalue weighted by atomic mass is 9.99. The Bertz CT molecular complexity index is 469. The molecule has 110 valence electrons. The lowest BCUT2D eigenvalue weighted by molar-refractivity contribution is -0.123. The van der Waals surface area contributed by atoms with Crippen LogP contribution >= 0.6 is 0 Å². The number of fused-ring (bicyclic) bond motifs is 1. The first-order chi connectivity index (χ1) is 9.62. The van der Waals surface area contributed by atoms with Crippen molar-refractivity contribution in [2.45, 2.75) is 45.7 Å². The van der Waals surface area contributed by atoms with Crippen LogP contribution in [0.2, 0.25) is 0 Å². The number of hydrogen-bond acceptors (Lipinski definition) is 3. The summed E-state index contributed by atoms with van der Waals surface area (Å²) in [7, 11) is 0. The molecule has 0 spiro atoms. The molecular formula is C16H25N3O. The molecule has 1 aromatic carbocycles. The zero-order valence-electron chi connectivity index (χ0n) is 12.5. The largest absolute Gasteiger partial charge is 0.399 e. The molecule has 1 aromatic rings. The van der Waals surface area contributed by atoms with Crippen LogP contribution in [0, 0.1) is 0 Å². The van der Waals surface area contributed by atoms with Crippen molar-refractivity contribution >= 4 is 11.6 Å². The Kier molecular flexibility index (Phi) is 5.01. The Morgan fingerprint density at radius 1 is 1.35 bits per heavy atom. The first-order valence-electron chi connectivity index (χ1n) is 7.51. The third-order valence-electron chi connectivity index (χ3n) is 4.04. The van der Waals surface area contributed by atoms with E-state index in [1.54, 1.807) is 0 Å². The average Bonchev–Trinajstić information content (AvgIpc) is 2.44. The van der Waals surface area contributed by atoms with Crippen LogP contribution in [0.1, 0.15) is 37.8 Å². The molecular weight excluding hydrogens is 250 g/mol. The molecule has 0 aromatic heterocycles. The third-order valence-corrected chi connectivity index (χ3v) is 4.04. The van der Waals surface area contributed by atoms with E-state index in [0.717, 1.165) is 38.0 Å². The Hall–Kier alpha value is -1.55. The molecule has 1 heterocycles. The molecule has 4 nitrogen and oxygen atoms in total. The second-order valence-electron chi connectivity index (χ2n) is 5.57. The van der Waals surface area contributed by atoms with Crippen LogP contribution in [-0.2, 0) is 17.8 Å². The number of benzene rings is 1. The number of nitrogens with one attached hydrogen (secondary N) is 1. The van der Waals surface area contributed by atoms with E-state index < -0.39 is 0 Å². The number of nitrogen functional groups attached to an aromatic ring is 1. The number of hydrogen-bond donors (Lipinski definition) is 2. The zero-order chi connectivity index (χ0) is 14.5. The Labute approximate surface area is 121 Å². The lowest BCUT2D eigenvalue weighted by Gasteiger charge is -2.29. The van der Waals surface area contributed by atoms with Crippen molar-refractivity contribution in [2.75, 3.05) is 18.8 Å². The quantitative estimate of drug-likeness (QED) is 0.807. The van der Waals surface area contributed by atoms with Gasteiger partial charge in [0.2, 0.25) is 5.91 Å². The van der Waals surface area contributed by atoms with Crippen LogP contribution in [0.4, 0.5) is 5.69 Å². The van der Waals surface area contributed by atoms with Crippen molar-refractivity contribution in [1.82, 2.24) is 10.2 Å². The maximum Gasteiger partial charge on any atom is 0.234 e. The van der Waals surface area contributed by atoms with Crippen LogP contribution in [-0.4, -0.2) is 29.9 Å². The van der Waals surface area contributed by atoms with Crippen molar-refractivity contribution in [3.8, 4) is 0 Å². The van der Waals surface area contributed by atoms with Gasteiger partial charge in [-0.15, -0.1) is 0 Å². The summed E-state index contributed by atoms with van der Waals surface area (Å²) in [6.07, 6.45) is 2.97. The Morgan fingerprint density at radius 2 is 2.10 bits per heavy atom. The number of rotatable bonds is 5. The van der Waals surface area contributed by atoms with E-state index in [-0.39, 0.29) is 5.91 Å². The maximum absolute atomic E-state index is 12.0. The fourth-order valence-corrected chi connectivity index (χ4v) is 2.74. The monoisotopic (exact) mass is 275 g/mol. The second-order valence-corrected chi connectivity index (χ2v) is 5.57. The highest BCUT2D eigenvalue weighted by Gasteiger charge is 2.19. The van der Waals surface area contributed by atoms with Gasteiger partial charge in [0.05, 0.1) is 6.54 Å². The SMILES string of the molecule is CCC(CC)NC(=O)CN1CCc2ccc(N)cc2C1. The van der Waals surface area contributed by atoms with Gasteiger partial charge < -0.3 is 11.1 Å². The van der Waals surface area contributed by atoms with Gasteiger partial charge in [0, 0.05) is 24.8 Å². The highest BCUT2D eigenvalue weighted by atomic mass is 16.2. The number of anilines is 1. The summed E-state index contributed by atoms with van der Waals surface area (Å²) in [6, 6.07) is 6.39. The summed E-state index contributed by atoms with van der Waals surface area (Å²) in [5.41, 5.74) is 9.24. The lowest BCUT2D eigenvalue weighted by Crippen LogP contribution is -2.43. The average molecular weight is 275 g/mol. The number of carbonyl (C=O) groups is 1. The maximum atomic E-state index is 12.0. The van der Waals surface area contributed by atoms with Crippen molar-refractivity contribution in [1.29, 1.82) is 0 Å². The second kappa shape index (κ2) is 6.75. The van der Waals surface area contributed by atoms with E-state index in [4.69, 9.17) is 5.73 Å². The van der Waals surface area contributed by atoms with Gasteiger partial charge in [0.15, 0.2) is 0 Å². The van der Waals surface area contributed by atoms with E-state index in [1.165, 1.54) is 11.1 Å². The minimum absolute atomic E-state index is 0.131. The standard InChI is InChI=1S/C16H25N3O/c1-3-15(4-2)18-16(20)11-19-8-7-12-5-6-14(17)9-13(12)10-19/h5-6,9,15H,3-4,7-8,10-11,17H2,1-2H3,(H,18,20). The van der Waals surface area contributed by atoms with Gasteiger partial charge >= 0.3 is 0 Å². The molecule has 3 N–H and O–H groups in total. The molecule has 0 saturated carbocycles. The minimum atomic E-state index is 0.131. The molecule has 0 saturated heterocycles. The van der Waals surface area contributed by atoms with Crippen LogP contribution in [0.3, 0.4) is 0 Å². The zero-order valence-corrected chi connectivity index (χ0v) is 12.5. The highest BCUT2D eigenvalue weighted by molar-refractivity contribution is 5.78. The van der Waals surface area contributed by atoms with Crippen molar-refractivity contribution in [2.24, 2.45) is 0 Å². The molecule has 2 rings (SSSR count). The third kappa shape index (κ3) is 3.73. The van der Waals surface area contributed by atoms with E-state index in [1.807, 2.05) is 12.1 Å². The number of amides is 1. The number of nitrogens with two attached hydrogens (primary N) is 1. The fraction of sp³-hybridized carbons (Fsp3) is 0.562. The van der Waals surface area contributed by atoms with Gasteiger partial charge in [-0.3, -0.25) is 9.69 Å². The van der Waals surface area contributed by atoms with Gasteiger partial charge in [-0.2, -0.15) is 0 Å². The van der Waals surface area contributed by atoms with Crippen LogP contribution < -0.4 is 11.1 Å². The molecule has 0 radical (unpaired) electrons. The Morgan fingerprint density at radius 3 is 2.80 bits per heavy atom. The minimum Gasteiger partial charge on any atom is -0.399 e. The number of carbonyl (C=O) groups excluding carboxylic acids is 1. The molecule has 4 heteroatoms. The smallest absolute Gasteiger partial charge is 0.234 e. The molecule has 1 amide bonds. The molecule has 0 aliphatic carbocycles. The first-order valence-corrected chi connectivity index (χ1v) is 7.51. The number of nitrogens with zero attached hydrogens (tertiary/aromatic N) is 1. The van der Waals surface area contributed by atoms with Gasteiger partial charge in [-0.25, -0.2) is 0 Å². The van der Waals surface area contributed by atoms with Crippen LogP contribution in [0.25, 0.3) is 0 Å². The van der Waals surface area contributed by atoms with Crippen LogP contribution in [0.5, 0.6) is 0 Å². The van der Waals surface area contributed by atoms with Crippen LogP contribution in [0.15, 0.2) is 18.2 Å². The fourth-order valence-electron chi connectivity index (χ4n) is 2.74. The predicted octanol–water partition coefficient (Wildman–Crippen LogP) is 1.93. The predicted molar refractivity (Wildman–Crippen MR) is 82.3 cm³/mol. The summed E-state index contributed by atoms with van der Waals surface area (Å²) in [4.78, 5) is 14.2. The van der Waals surface area contributed by atoms with Gasteiger partial charge in [0.25, 0.3) is 0 Å². The summed E-state index contributed by atoms with van der Waals surface area (Å²) in [6.45, 7) is 6.44. The van der Waals surface area contributed by atoms with E-state index in [9.17, 15) is 4.79 Å². The van der Waals surface area contributed by atoms with Gasteiger partial charge in [0.1, 0.15) is 0 Å². The molecule has 1 aliphatic heterocycles. The summed E-state index contributed by atoms with van der Waals surface area (Å²) < 4.78 is 0. The van der Waals surface area contributed by atoms with E-state index in [2.05, 4.69) is 30.1 Å². The molecule has 0 fully saturated rings. The molecule has 0 atom stereocenters. The van der Waals surface area contributed by atoms with Gasteiger partial charge in [-0.1, -0.05) is 19.9 Å².